The molecular weight excluding hydrogens is 247 g/mol. The van der Waals surface area contributed by atoms with E-state index in [1.807, 2.05) is 18.2 Å². The van der Waals surface area contributed by atoms with E-state index < -0.39 is 0 Å². The van der Waals surface area contributed by atoms with Gasteiger partial charge in [0.2, 0.25) is 0 Å². The van der Waals surface area contributed by atoms with Gasteiger partial charge in [-0.25, -0.2) is 9.37 Å². The zero-order chi connectivity index (χ0) is 12.5. The normalized spacial score (nSPS) is 11.0. The molecule has 0 saturated heterocycles. The minimum absolute atomic E-state index is 0.231. The summed E-state index contributed by atoms with van der Waals surface area (Å²) in [5.74, 6) is -0.231. The summed E-state index contributed by atoms with van der Waals surface area (Å²) in [5.41, 5.74) is 8.56. The maximum Gasteiger partial charge on any atom is 0.124 e. The SMILES string of the molecule is NCc1ccc2sc(-c3ccc(F)cc3)nc2c1. The molecule has 3 rings (SSSR count). The number of hydrogen-bond acceptors (Lipinski definition) is 3. The van der Waals surface area contributed by atoms with Gasteiger partial charge in [0.25, 0.3) is 0 Å². The Labute approximate surface area is 108 Å². The number of fused-ring (bicyclic) bond motifs is 1. The second-order valence-corrected chi connectivity index (χ2v) is 5.06. The molecule has 0 spiro atoms. The van der Waals surface area contributed by atoms with Crippen LogP contribution in [-0.4, -0.2) is 4.98 Å². The van der Waals surface area contributed by atoms with E-state index in [4.69, 9.17) is 5.73 Å². The third-order valence-electron chi connectivity index (χ3n) is 2.78. The first-order chi connectivity index (χ1) is 8.76. The van der Waals surface area contributed by atoms with Gasteiger partial charge in [0.05, 0.1) is 10.2 Å². The molecule has 2 N–H and O–H groups in total. The highest BCUT2D eigenvalue weighted by atomic mass is 32.1. The van der Waals surface area contributed by atoms with E-state index in [-0.39, 0.29) is 5.82 Å². The zero-order valence-electron chi connectivity index (χ0n) is 9.56. The molecule has 0 atom stereocenters. The highest BCUT2D eigenvalue weighted by Crippen LogP contribution is 2.30. The molecular formula is C14H11FN2S. The van der Waals surface area contributed by atoms with Crippen LogP contribution in [0, 0.1) is 5.82 Å². The summed E-state index contributed by atoms with van der Waals surface area (Å²) in [7, 11) is 0. The number of benzene rings is 2. The predicted octanol–water partition coefficient (Wildman–Crippen LogP) is 3.56. The van der Waals surface area contributed by atoms with E-state index in [2.05, 4.69) is 4.98 Å². The van der Waals surface area contributed by atoms with Crippen LogP contribution in [0.3, 0.4) is 0 Å². The average Bonchev–Trinajstić information content (AvgIpc) is 2.82. The van der Waals surface area contributed by atoms with Crippen molar-refractivity contribution in [1.29, 1.82) is 0 Å². The van der Waals surface area contributed by atoms with E-state index in [0.29, 0.717) is 6.54 Å². The quantitative estimate of drug-likeness (QED) is 0.763. The second kappa shape index (κ2) is 4.48. The van der Waals surface area contributed by atoms with E-state index in [0.717, 1.165) is 26.4 Å². The fourth-order valence-corrected chi connectivity index (χ4v) is 2.77. The van der Waals surface area contributed by atoms with Crippen molar-refractivity contribution in [1.82, 2.24) is 4.98 Å². The third kappa shape index (κ3) is 2.00. The summed E-state index contributed by atoms with van der Waals surface area (Å²) in [6.45, 7) is 0.513. The maximum atomic E-state index is 12.9. The maximum absolute atomic E-state index is 12.9. The highest BCUT2D eigenvalue weighted by Gasteiger charge is 2.06. The summed E-state index contributed by atoms with van der Waals surface area (Å²) in [6.07, 6.45) is 0. The largest absolute Gasteiger partial charge is 0.326 e. The Morgan fingerprint density at radius 2 is 1.89 bits per heavy atom. The Morgan fingerprint density at radius 1 is 1.11 bits per heavy atom. The van der Waals surface area contributed by atoms with E-state index in [1.165, 1.54) is 12.1 Å². The topological polar surface area (TPSA) is 38.9 Å². The molecule has 1 heterocycles. The lowest BCUT2D eigenvalue weighted by Gasteiger charge is -1.94. The van der Waals surface area contributed by atoms with Gasteiger partial charge in [-0.1, -0.05) is 6.07 Å². The van der Waals surface area contributed by atoms with Crippen LogP contribution in [0.5, 0.6) is 0 Å². The van der Waals surface area contributed by atoms with Gasteiger partial charge in [0.15, 0.2) is 0 Å². The van der Waals surface area contributed by atoms with Gasteiger partial charge in [-0.3, -0.25) is 0 Å². The number of aromatic nitrogens is 1. The lowest BCUT2D eigenvalue weighted by atomic mass is 10.2. The van der Waals surface area contributed by atoms with E-state index in [9.17, 15) is 4.39 Å². The summed E-state index contributed by atoms with van der Waals surface area (Å²) < 4.78 is 14.0. The molecule has 0 radical (unpaired) electrons. The molecule has 0 fully saturated rings. The standard InChI is InChI=1S/C14H11FN2S/c15-11-4-2-10(3-5-11)14-17-12-7-9(8-16)1-6-13(12)18-14/h1-7H,8,16H2. The van der Waals surface area contributed by atoms with Crippen molar-refractivity contribution in [3.05, 3.63) is 53.8 Å². The fourth-order valence-electron chi connectivity index (χ4n) is 1.82. The van der Waals surface area contributed by atoms with Crippen LogP contribution in [0.25, 0.3) is 20.8 Å². The monoisotopic (exact) mass is 258 g/mol. The number of nitrogens with zero attached hydrogens (tertiary/aromatic N) is 1. The van der Waals surface area contributed by atoms with E-state index in [1.54, 1.807) is 23.5 Å². The molecule has 0 unspecified atom stereocenters. The molecule has 0 aliphatic carbocycles. The van der Waals surface area contributed by atoms with Crippen molar-refractivity contribution >= 4 is 21.6 Å². The molecule has 4 heteroatoms. The molecule has 2 aromatic carbocycles. The van der Waals surface area contributed by atoms with Crippen LogP contribution < -0.4 is 5.73 Å². The third-order valence-corrected chi connectivity index (χ3v) is 3.86. The first kappa shape index (κ1) is 11.3. The number of rotatable bonds is 2. The summed E-state index contributed by atoms with van der Waals surface area (Å²) >= 11 is 1.60. The Bertz CT molecular complexity index is 689. The zero-order valence-corrected chi connectivity index (χ0v) is 10.4. The van der Waals surface area contributed by atoms with Gasteiger partial charge in [-0.15, -0.1) is 11.3 Å². The van der Waals surface area contributed by atoms with Crippen LogP contribution in [-0.2, 0) is 6.54 Å². The summed E-state index contributed by atoms with van der Waals surface area (Å²) in [4.78, 5) is 4.56. The number of hydrogen-bond donors (Lipinski definition) is 1. The van der Waals surface area contributed by atoms with E-state index >= 15 is 0 Å². The van der Waals surface area contributed by atoms with Gasteiger partial charge in [-0.05, 0) is 42.0 Å². The molecule has 0 saturated carbocycles. The molecule has 18 heavy (non-hydrogen) atoms. The van der Waals surface area contributed by atoms with Crippen LogP contribution in [0.15, 0.2) is 42.5 Å². The molecule has 0 aliphatic heterocycles. The second-order valence-electron chi connectivity index (χ2n) is 4.03. The first-order valence-electron chi connectivity index (χ1n) is 5.62. The van der Waals surface area contributed by atoms with Gasteiger partial charge < -0.3 is 5.73 Å². The minimum Gasteiger partial charge on any atom is -0.326 e. The van der Waals surface area contributed by atoms with Crippen LogP contribution in [0.4, 0.5) is 4.39 Å². The van der Waals surface area contributed by atoms with Crippen molar-refractivity contribution in [3.63, 3.8) is 0 Å². The van der Waals surface area contributed by atoms with Crippen molar-refractivity contribution in [2.24, 2.45) is 5.73 Å². The van der Waals surface area contributed by atoms with Crippen molar-refractivity contribution in [2.75, 3.05) is 0 Å². The lowest BCUT2D eigenvalue weighted by Crippen LogP contribution is -1.94. The van der Waals surface area contributed by atoms with Crippen molar-refractivity contribution < 1.29 is 4.39 Å². The van der Waals surface area contributed by atoms with Gasteiger partial charge in [0.1, 0.15) is 10.8 Å². The Kier molecular flexibility index (Phi) is 2.81. The van der Waals surface area contributed by atoms with Crippen molar-refractivity contribution in [2.45, 2.75) is 6.54 Å². The van der Waals surface area contributed by atoms with Crippen molar-refractivity contribution in [3.8, 4) is 10.6 Å². The number of halogens is 1. The fraction of sp³-hybridized carbons (Fsp3) is 0.0714. The molecule has 1 aromatic heterocycles. The average molecular weight is 258 g/mol. The molecule has 90 valence electrons. The molecule has 2 nitrogen and oxygen atoms in total. The number of nitrogens with two attached hydrogens (primary N) is 1. The van der Waals surface area contributed by atoms with Crippen LogP contribution in [0.1, 0.15) is 5.56 Å². The Balaban J connectivity index is 2.10. The Morgan fingerprint density at radius 3 is 2.61 bits per heavy atom. The summed E-state index contributed by atoms with van der Waals surface area (Å²) in [5, 5.41) is 0.902. The summed E-state index contributed by atoms with van der Waals surface area (Å²) in [6, 6.07) is 12.4. The molecule has 3 aromatic rings. The number of thiazole rings is 1. The van der Waals surface area contributed by atoms with Gasteiger partial charge in [0, 0.05) is 12.1 Å². The smallest absolute Gasteiger partial charge is 0.124 e. The van der Waals surface area contributed by atoms with Crippen LogP contribution >= 0.6 is 11.3 Å². The molecule has 0 bridgehead atoms. The first-order valence-corrected chi connectivity index (χ1v) is 6.43. The van der Waals surface area contributed by atoms with Gasteiger partial charge in [-0.2, -0.15) is 0 Å². The molecule has 0 aliphatic rings. The minimum atomic E-state index is -0.231. The Hall–Kier alpha value is -1.78. The van der Waals surface area contributed by atoms with Crippen LogP contribution in [0.2, 0.25) is 0 Å². The lowest BCUT2D eigenvalue weighted by molar-refractivity contribution is 0.628. The molecule has 0 amide bonds. The van der Waals surface area contributed by atoms with Gasteiger partial charge >= 0.3 is 0 Å². The predicted molar refractivity (Wildman–Crippen MR) is 72.9 cm³/mol. The highest BCUT2D eigenvalue weighted by molar-refractivity contribution is 7.21.